The van der Waals surface area contributed by atoms with Gasteiger partial charge in [0, 0.05) is 32.4 Å². The smallest absolute Gasteiger partial charge is 0.475 e. The van der Waals surface area contributed by atoms with E-state index in [1.807, 2.05) is 18.5 Å². The van der Waals surface area contributed by atoms with Crippen LogP contribution in [0.5, 0.6) is 0 Å². The van der Waals surface area contributed by atoms with Gasteiger partial charge in [-0.1, -0.05) is 6.07 Å². The first-order valence-corrected chi connectivity index (χ1v) is 11.6. The Kier molecular flexibility index (Phi) is 11.1. The molecule has 9 nitrogen and oxygen atoms in total. The minimum absolute atomic E-state index is 0.275. The van der Waals surface area contributed by atoms with Gasteiger partial charge in [0.1, 0.15) is 0 Å². The highest BCUT2D eigenvalue weighted by Crippen LogP contribution is 2.33. The number of rotatable bonds is 7. The first-order chi connectivity index (χ1) is 17.7. The number of aromatic nitrogens is 3. The number of halogens is 6. The highest BCUT2D eigenvalue weighted by Gasteiger charge is 2.39. The molecular weight excluding hydrogens is 526 g/mol. The Hall–Kier alpha value is -3.20. The molecule has 0 bridgehead atoms. The molecule has 2 aromatic rings. The number of hydrogen-bond acceptors (Lipinski definition) is 6. The number of nitrogens with zero attached hydrogens (tertiary/aromatic N) is 4. The summed E-state index contributed by atoms with van der Waals surface area (Å²) in [5.41, 5.74) is 3.85. The fourth-order valence-corrected chi connectivity index (χ4v) is 3.56. The number of aliphatic carboxylic acids is 2. The van der Waals surface area contributed by atoms with Crippen LogP contribution < -0.4 is 0 Å². The highest BCUT2D eigenvalue weighted by atomic mass is 19.4. The van der Waals surface area contributed by atoms with Crippen LogP contribution in [0.15, 0.2) is 30.6 Å². The van der Waals surface area contributed by atoms with Crippen molar-refractivity contribution in [2.45, 2.75) is 57.7 Å². The summed E-state index contributed by atoms with van der Waals surface area (Å²) in [6.45, 7) is 6.63. The lowest BCUT2D eigenvalue weighted by molar-refractivity contribution is -0.193. The number of fused-ring (bicyclic) bond motifs is 1. The summed E-state index contributed by atoms with van der Waals surface area (Å²) in [5.74, 6) is -4.71. The third-order valence-corrected chi connectivity index (χ3v) is 5.59. The van der Waals surface area contributed by atoms with Crippen LogP contribution in [0.4, 0.5) is 26.3 Å². The van der Waals surface area contributed by atoms with Crippen molar-refractivity contribution in [2.75, 3.05) is 19.8 Å². The van der Waals surface area contributed by atoms with E-state index in [1.165, 1.54) is 24.1 Å². The van der Waals surface area contributed by atoms with Crippen molar-refractivity contribution in [3.05, 3.63) is 47.5 Å². The predicted octanol–water partition coefficient (Wildman–Crippen LogP) is 4.09. The van der Waals surface area contributed by atoms with Crippen molar-refractivity contribution in [2.24, 2.45) is 5.92 Å². The summed E-state index contributed by atoms with van der Waals surface area (Å²) in [6.07, 6.45) is -2.52. The quantitative estimate of drug-likeness (QED) is 0.492. The van der Waals surface area contributed by atoms with E-state index >= 15 is 0 Å². The van der Waals surface area contributed by atoms with Gasteiger partial charge in [-0.05, 0) is 49.8 Å². The molecule has 4 rings (SSSR count). The van der Waals surface area contributed by atoms with Gasteiger partial charge < -0.3 is 14.9 Å². The average molecular weight is 554 g/mol. The van der Waals surface area contributed by atoms with E-state index in [0.717, 1.165) is 50.9 Å². The van der Waals surface area contributed by atoms with Gasteiger partial charge in [-0.15, -0.1) is 0 Å². The summed E-state index contributed by atoms with van der Waals surface area (Å²) in [6, 6.07) is 6.42. The molecule has 1 aliphatic heterocycles. The fraction of sp³-hybridized carbons (Fsp3) is 0.565. The second-order valence-corrected chi connectivity index (χ2v) is 8.51. The van der Waals surface area contributed by atoms with Crippen molar-refractivity contribution < 1.29 is 50.9 Å². The maximum absolute atomic E-state index is 10.6. The number of pyridine rings is 1. The van der Waals surface area contributed by atoms with Crippen molar-refractivity contribution in [3.8, 4) is 0 Å². The molecular formula is C23H28F6N4O5. The molecule has 1 unspecified atom stereocenters. The second-order valence-electron chi connectivity index (χ2n) is 8.51. The first kappa shape index (κ1) is 31.0. The molecule has 0 aromatic carbocycles. The molecule has 2 aromatic heterocycles. The van der Waals surface area contributed by atoms with Crippen LogP contribution in [0.3, 0.4) is 0 Å². The van der Waals surface area contributed by atoms with Crippen LogP contribution in [0, 0.1) is 5.92 Å². The summed E-state index contributed by atoms with van der Waals surface area (Å²) in [7, 11) is 0. The number of alkyl halides is 6. The third-order valence-electron chi connectivity index (χ3n) is 5.59. The van der Waals surface area contributed by atoms with E-state index < -0.39 is 24.3 Å². The molecule has 15 heteroatoms. The molecule has 3 heterocycles. The maximum Gasteiger partial charge on any atom is 0.490 e. The number of aryl methyl sites for hydroxylation is 1. The molecule has 38 heavy (non-hydrogen) atoms. The second kappa shape index (κ2) is 13.6. The number of ether oxygens (including phenoxy) is 1. The molecule has 1 saturated carbocycles. The normalized spacial score (nSPS) is 17.4. The lowest BCUT2D eigenvalue weighted by Crippen LogP contribution is -2.38. The van der Waals surface area contributed by atoms with Crippen molar-refractivity contribution in [1.29, 1.82) is 0 Å². The Bertz CT molecular complexity index is 1000. The number of hydrogen-bond donors (Lipinski definition) is 2. The Labute approximate surface area is 214 Å². The maximum atomic E-state index is 10.6. The van der Waals surface area contributed by atoms with E-state index in [1.54, 1.807) is 0 Å². The topological polar surface area (TPSA) is 118 Å². The Morgan fingerprint density at radius 1 is 1.05 bits per heavy atom. The minimum Gasteiger partial charge on any atom is -0.475 e. The summed E-state index contributed by atoms with van der Waals surface area (Å²) < 4.78 is 71.7. The van der Waals surface area contributed by atoms with E-state index in [0.29, 0.717) is 0 Å². The van der Waals surface area contributed by atoms with Crippen LogP contribution in [-0.2, 0) is 33.8 Å². The van der Waals surface area contributed by atoms with Gasteiger partial charge in [0.05, 0.1) is 30.2 Å². The molecule has 1 atom stereocenters. The lowest BCUT2D eigenvalue weighted by atomic mass is 9.99. The predicted molar refractivity (Wildman–Crippen MR) is 120 cm³/mol. The van der Waals surface area contributed by atoms with Crippen LogP contribution >= 0.6 is 0 Å². The zero-order valence-electron chi connectivity index (χ0n) is 20.4. The SMILES string of the molecule is CCn1ncc2c1C(COCC1CC1)N(Cc1ccccn1)CC2.O=C(O)C(F)(F)F.O=C(O)C(F)(F)F. The van der Waals surface area contributed by atoms with E-state index in [4.69, 9.17) is 24.5 Å². The van der Waals surface area contributed by atoms with Crippen LogP contribution in [0.25, 0.3) is 0 Å². The first-order valence-electron chi connectivity index (χ1n) is 11.6. The third kappa shape index (κ3) is 9.93. The summed E-state index contributed by atoms with van der Waals surface area (Å²) in [5, 5.41) is 18.8. The molecule has 212 valence electrons. The molecule has 0 spiro atoms. The van der Waals surface area contributed by atoms with Gasteiger partial charge >= 0.3 is 24.3 Å². The Morgan fingerprint density at radius 3 is 2.13 bits per heavy atom. The molecule has 0 saturated heterocycles. The van der Waals surface area contributed by atoms with E-state index in [-0.39, 0.29) is 6.04 Å². The molecule has 0 amide bonds. The zero-order chi connectivity index (χ0) is 28.5. The van der Waals surface area contributed by atoms with Gasteiger partial charge in [0.2, 0.25) is 0 Å². The van der Waals surface area contributed by atoms with Crippen molar-refractivity contribution >= 4 is 11.9 Å². The van der Waals surface area contributed by atoms with Crippen LogP contribution in [-0.4, -0.2) is 73.9 Å². The van der Waals surface area contributed by atoms with E-state index in [9.17, 15) is 26.3 Å². The molecule has 2 N–H and O–H groups in total. The molecule has 1 fully saturated rings. The molecule has 2 aliphatic rings. The largest absolute Gasteiger partial charge is 0.490 e. The van der Waals surface area contributed by atoms with Crippen LogP contribution in [0.2, 0.25) is 0 Å². The summed E-state index contributed by atoms with van der Waals surface area (Å²) in [4.78, 5) is 24.8. The number of carboxylic acids is 2. The van der Waals surface area contributed by atoms with Crippen LogP contribution in [0.1, 0.15) is 42.8 Å². The molecule has 0 radical (unpaired) electrons. The van der Waals surface area contributed by atoms with Crippen molar-refractivity contribution in [3.63, 3.8) is 0 Å². The van der Waals surface area contributed by atoms with Gasteiger partial charge in [0.25, 0.3) is 0 Å². The van der Waals surface area contributed by atoms with Gasteiger partial charge in [-0.2, -0.15) is 31.4 Å². The summed E-state index contributed by atoms with van der Waals surface area (Å²) >= 11 is 0. The monoisotopic (exact) mass is 554 g/mol. The Balaban J connectivity index is 0.000000301. The van der Waals surface area contributed by atoms with Gasteiger partial charge in [0.15, 0.2) is 0 Å². The average Bonchev–Trinajstić information content (AvgIpc) is 3.57. The van der Waals surface area contributed by atoms with Gasteiger partial charge in [-0.3, -0.25) is 14.6 Å². The number of carbonyl (C=O) groups is 2. The minimum atomic E-state index is -5.08. The number of carboxylic acid groups (broad SMARTS) is 2. The van der Waals surface area contributed by atoms with E-state index in [2.05, 4.69) is 38.7 Å². The molecule has 1 aliphatic carbocycles. The van der Waals surface area contributed by atoms with Gasteiger partial charge in [-0.25, -0.2) is 9.59 Å². The fourth-order valence-electron chi connectivity index (χ4n) is 3.56. The standard InChI is InChI=1S/C19H26N4O.2C2HF3O2/c1-2-23-19-16(11-21-23)8-10-22(12-17-5-3-4-9-20-17)18(19)14-24-13-15-6-7-15;2*3-2(4,5)1(6)7/h3-5,9,11,15,18H,2,6-8,10,12-14H2,1H3;2*(H,6,7). The van der Waals surface area contributed by atoms with Crippen molar-refractivity contribution in [1.82, 2.24) is 19.7 Å². The highest BCUT2D eigenvalue weighted by molar-refractivity contribution is 5.73. The zero-order valence-corrected chi connectivity index (χ0v) is 20.4. The lowest BCUT2D eigenvalue weighted by Gasteiger charge is -2.36. The Morgan fingerprint density at radius 2 is 1.66 bits per heavy atom.